The van der Waals surface area contributed by atoms with Crippen LogP contribution in [0.2, 0.25) is 0 Å². The van der Waals surface area contributed by atoms with E-state index in [1.165, 1.54) is 0 Å². The van der Waals surface area contributed by atoms with Crippen molar-refractivity contribution in [1.29, 1.82) is 0 Å². The van der Waals surface area contributed by atoms with Crippen LogP contribution >= 0.6 is 0 Å². The van der Waals surface area contributed by atoms with Gasteiger partial charge in [-0.05, 0) is 42.5 Å². The van der Waals surface area contributed by atoms with E-state index in [2.05, 4.69) is 15.2 Å². The molecule has 2 aliphatic rings. The average molecular weight is 365 g/mol. The van der Waals surface area contributed by atoms with Crippen molar-refractivity contribution < 1.29 is 14.7 Å². The topological polar surface area (TPSA) is 82.5 Å². The summed E-state index contributed by atoms with van der Waals surface area (Å²) in [5.74, 6) is -0.170. The lowest BCUT2D eigenvalue weighted by Gasteiger charge is -2.24. The summed E-state index contributed by atoms with van der Waals surface area (Å²) >= 11 is 0. The number of hydrogen-bond acceptors (Lipinski definition) is 4. The van der Waals surface area contributed by atoms with Crippen molar-refractivity contribution in [2.24, 2.45) is 5.41 Å². The smallest absolute Gasteiger partial charge is 0.310 e. The molecule has 4 rings (SSSR count). The fourth-order valence-corrected chi connectivity index (χ4v) is 4.26. The van der Waals surface area contributed by atoms with Gasteiger partial charge in [-0.3, -0.25) is 9.59 Å². The largest absolute Gasteiger partial charge is 0.481 e. The summed E-state index contributed by atoms with van der Waals surface area (Å²) in [4.78, 5) is 31.1. The second-order valence-corrected chi connectivity index (χ2v) is 7.57. The van der Waals surface area contributed by atoms with Crippen molar-refractivity contribution in [1.82, 2.24) is 10.3 Å². The Hall–Kier alpha value is -2.89. The van der Waals surface area contributed by atoms with Crippen LogP contribution in [-0.4, -0.2) is 41.1 Å². The molecule has 1 atom stereocenters. The van der Waals surface area contributed by atoms with Gasteiger partial charge in [0.25, 0.3) is 0 Å². The number of aliphatic carboxylic acids is 1. The van der Waals surface area contributed by atoms with Crippen molar-refractivity contribution in [2.45, 2.75) is 31.7 Å². The van der Waals surface area contributed by atoms with Crippen LogP contribution in [0, 0.1) is 5.41 Å². The molecule has 1 amide bonds. The Labute approximate surface area is 158 Å². The van der Waals surface area contributed by atoms with Crippen molar-refractivity contribution in [3.63, 3.8) is 0 Å². The van der Waals surface area contributed by atoms with Gasteiger partial charge >= 0.3 is 5.97 Å². The van der Waals surface area contributed by atoms with Crippen molar-refractivity contribution >= 4 is 17.7 Å². The Morgan fingerprint density at radius 1 is 1.15 bits per heavy atom. The van der Waals surface area contributed by atoms with Crippen LogP contribution < -0.4 is 10.2 Å². The highest BCUT2D eigenvalue weighted by molar-refractivity contribution is 5.86. The number of amides is 1. The number of carboxylic acid groups (broad SMARTS) is 1. The third-order valence-corrected chi connectivity index (χ3v) is 5.66. The highest BCUT2D eigenvalue weighted by Crippen LogP contribution is 2.40. The molecule has 1 unspecified atom stereocenters. The molecular formula is C21H23N3O3. The van der Waals surface area contributed by atoms with E-state index < -0.39 is 11.4 Å². The number of carboxylic acids is 1. The molecule has 1 aliphatic carbocycles. The monoisotopic (exact) mass is 365 g/mol. The van der Waals surface area contributed by atoms with E-state index in [0.29, 0.717) is 19.4 Å². The molecule has 2 aromatic rings. The SMILES string of the molecule is O=C(CC1(C(=O)O)Cc2ccccc2C1)NC1CCN(c2ccccn2)C1. The molecule has 1 saturated heterocycles. The average Bonchev–Trinajstić information content (AvgIpc) is 3.27. The van der Waals surface area contributed by atoms with E-state index in [1.54, 1.807) is 6.20 Å². The third-order valence-electron chi connectivity index (χ3n) is 5.66. The summed E-state index contributed by atoms with van der Waals surface area (Å²) in [6.07, 6.45) is 3.43. The number of aromatic nitrogens is 1. The summed E-state index contributed by atoms with van der Waals surface area (Å²) in [7, 11) is 0. The van der Waals surface area contributed by atoms with E-state index in [4.69, 9.17) is 0 Å². The maximum atomic E-state index is 12.7. The molecule has 0 bridgehead atoms. The van der Waals surface area contributed by atoms with E-state index >= 15 is 0 Å². The Balaban J connectivity index is 1.38. The van der Waals surface area contributed by atoms with Gasteiger partial charge in [0.1, 0.15) is 5.82 Å². The Morgan fingerprint density at radius 3 is 2.48 bits per heavy atom. The molecule has 2 N–H and O–H groups in total. The van der Waals surface area contributed by atoms with E-state index in [0.717, 1.165) is 29.9 Å². The maximum Gasteiger partial charge on any atom is 0.310 e. The van der Waals surface area contributed by atoms with E-state index in [-0.39, 0.29) is 18.4 Å². The van der Waals surface area contributed by atoms with Crippen LogP contribution in [0.3, 0.4) is 0 Å². The third kappa shape index (κ3) is 3.52. The molecule has 1 fully saturated rings. The van der Waals surface area contributed by atoms with Gasteiger partial charge in [0, 0.05) is 31.7 Å². The van der Waals surface area contributed by atoms with Crippen LogP contribution in [-0.2, 0) is 22.4 Å². The first kappa shape index (κ1) is 17.5. The fraction of sp³-hybridized carbons (Fsp3) is 0.381. The predicted octanol–water partition coefficient (Wildman–Crippen LogP) is 2.04. The molecular weight excluding hydrogens is 342 g/mol. The summed E-state index contributed by atoms with van der Waals surface area (Å²) in [5, 5.41) is 12.9. The molecule has 2 heterocycles. The van der Waals surface area contributed by atoms with Gasteiger partial charge in [-0.15, -0.1) is 0 Å². The Kier molecular flexibility index (Phi) is 4.56. The van der Waals surface area contributed by atoms with Gasteiger partial charge in [0.2, 0.25) is 5.91 Å². The second-order valence-electron chi connectivity index (χ2n) is 7.57. The highest BCUT2D eigenvalue weighted by atomic mass is 16.4. The Morgan fingerprint density at radius 2 is 1.85 bits per heavy atom. The second kappa shape index (κ2) is 7.02. The fourth-order valence-electron chi connectivity index (χ4n) is 4.26. The first-order valence-corrected chi connectivity index (χ1v) is 9.31. The predicted molar refractivity (Wildman–Crippen MR) is 102 cm³/mol. The standard InChI is InChI=1S/C21H23N3O3/c25-19(23-17-8-10-24(14-17)18-7-3-4-9-22-18)13-21(20(26)27)11-15-5-1-2-6-16(15)12-21/h1-7,9,17H,8,10-14H2,(H,23,25)(H,26,27). The van der Waals surface area contributed by atoms with Gasteiger partial charge in [0.15, 0.2) is 0 Å². The lowest BCUT2D eigenvalue weighted by Crippen LogP contribution is -2.42. The first-order chi connectivity index (χ1) is 13.1. The molecule has 140 valence electrons. The lowest BCUT2D eigenvalue weighted by molar-refractivity contribution is -0.151. The number of rotatable bonds is 5. The molecule has 0 radical (unpaired) electrons. The molecule has 1 aromatic heterocycles. The molecule has 1 aliphatic heterocycles. The molecule has 6 nitrogen and oxygen atoms in total. The lowest BCUT2D eigenvalue weighted by atomic mass is 9.81. The summed E-state index contributed by atoms with van der Waals surface area (Å²) < 4.78 is 0. The van der Waals surface area contributed by atoms with Gasteiger partial charge in [-0.25, -0.2) is 4.98 Å². The van der Waals surface area contributed by atoms with Gasteiger partial charge in [-0.1, -0.05) is 30.3 Å². The number of nitrogens with zero attached hydrogens (tertiary/aromatic N) is 2. The quantitative estimate of drug-likeness (QED) is 0.847. The highest BCUT2D eigenvalue weighted by Gasteiger charge is 2.45. The minimum absolute atomic E-state index is 0.0110. The number of carbonyl (C=O) groups is 2. The summed E-state index contributed by atoms with van der Waals surface area (Å²) in [5.41, 5.74) is 1.04. The number of nitrogens with one attached hydrogen (secondary N) is 1. The van der Waals surface area contributed by atoms with E-state index in [9.17, 15) is 14.7 Å². The summed E-state index contributed by atoms with van der Waals surface area (Å²) in [6.45, 7) is 1.53. The number of carbonyl (C=O) groups excluding carboxylic acids is 1. The zero-order valence-corrected chi connectivity index (χ0v) is 15.1. The van der Waals surface area contributed by atoms with Crippen molar-refractivity contribution in [3.05, 3.63) is 59.8 Å². The summed E-state index contributed by atoms with van der Waals surface area (Å²) in [6, 6.07) is 13.6. The number of pyridine rings is 1. The van der Waals surface area contributed by atoms with Crippen molar-refractivity contribution in [2.75, 3.05) is 18.0 Å². The van der Waals surface area contributed by atoms with Crippen molar-refractivity contribution in [3.8, 4) is 0 Å². The van der Waals surface area contributed by atoms with Crippen LogP contribution in [0.15, 0.2) is 48.7 Å². The zero-order valence-electron chi connectivity index (χ0n) is 15.1. The number of fused-ring (bicyclic) bond motifs is 1. The first-order valence-electron chi connectivity index (χ1n) is 9.31. The molecule has 1 aromatic carbocycles. The molecule has 27 heavy (non-hydrogen) atoms. The minimum atomic E-state index is -1.03. The van der Waals surface area contributed by atoms with Crippen LogP contribution in [0.1, 0.15) is 24.0 Å². The van der Waals surface area contributed by atoms with Gasteiger partial charge in [-0.2, -0.15) is 0 Å². The minimum Gasteiger partial charge on any atom is -0.481 e. The van der Waals surface area contributed by atoms with Crippen LogP contribution in [0.4, 0.5) is 5.82 Å². The zero-order chi connectivity index (χ0) is 18.9. The van der Waals surface area contributed by atoms with Crippen LogP contribution in [0.25, 0.3) is 0 Å². The van der Waals surface area contributed by atoms with E-state index in [1.807, 2.05) is 42.5 Å². The maximum absolute atomic E-state index is 12.7. The van der Waals surface area contributed by atoms with Gasteiger partial charge < -0.3 is 15.3 Å². The molecule has 0 saturated carbocycles. The molecule has 0 spiro atoms. The number of hydrogen-bond donors (Lipinski definition) is 2. The number of benzene rings is 1. The number of anilines is 1. The van der Waals surface area contributed by atoms with Gasteiger partial charge in [0.05, 0.1) is 5.41 Å². The normalized spacial score (nSPS) is 20.3. The molecule has 6 heteroatoms. The van der Waals surface area contributed by atoms with Crippen LogP contribution in [0.5, 0.6) is 0 Å². The Bertz CT molecular complexity index is 828.